The van der Waals surface area contributed by atoms with Crippen LogP contribution in [0.1, 0.15) is 49.9 Å². The van der Waals surface area contributed by atoms with Crippen molar-refractivity contribution in [2.75, 3.05) is 6.54 Å². The van der Waals surface area contributed by atoms with Crippen LogP contribution in [-0.4, -0.2) is 41.9 Å². The molecule has 1 aliphatic heterocycles. The maximum Gasteiger partial charge on any atom is 0.245 e. The lowest BCUT2D eigenvalue weighted by Gasteiger charge is -2.29. The quantitative estimate of drug-likeness (QED) is 0.772. The highest BCUT2D eigenvalue weighted by molar-refractivity contribution is 5.80. The Kier molecular flexibility index (Phi) is 4.51. The zero-order chi connectivity index (χ0) is 19.0. The number of aromatic nitrogens is 5. The molecule has 0 aromatic carbocycles. The Morgan fingerprint density at radius 1 is 1.26 bits per heavy atom. The summed E-state index contributed by atoms with van der Waals surface area (Å²) in [5, 5.41) is 0. The minimum absolute atomic E-state index is 0.109. The average Bonchev–Trinajstić information content (AvgIpc) is 3.34. The first-order chi connectivity index (χ1) is 13.0. The predicted octanol–water partition coefficient (Wildman–Crippen LogP) is 2.94. The van der Waals surface area contributed by atoms with Gasteiger partial charge in [-0.25, -0.2) is 9.97 Å². The van der Waals surface area contributed by atoms with Crippen molar-refractivity contribution >= 4 is 5.91 Å². The van der Waals surface area contributed by atoms with E-state index in [-0.39, 0.29) is 17.9 Å². The van der Waals surface area contributed by atoms with Gasteiger partial charge in [-0.05, 0) is 19.1 Å². The van der Waals surface area contributed by atoms with Crippen LogP contribution in [-0.2, 0) is 17.8 Å². The number of imidazole rings is 2. The lowest BCUT2D eigenvalue weighted by Crippen LogP contribution is -2.40. The van der Waals surface area contributed by atoms with Crippen molar-refractivity contribution < 1.29 is 4.79 Å². The second-order valence-corrected chi connectivity index (χ2v) is 7.29. The monoisotopic (exact) mass is 364 g/mol. The van der Waals surface area contributed by atoms with Crippen molar-refractivity contribution in [2.24, 2.45) is 0 Å². The molecule has 1 unspecified atom stereocenters. The normalized spacial score (nSPS) is 15.0. The van der Waals surface area contributed by atoms with Crippen molar-refractivity contribution in [3.8, 4) is 11.4 Å². The standard InChI is InChI=1S/C20H24N6O/c1-13(2)19-22-8-10-26(19)14(3)20(27)25-9-6-16-17(12-25)24-18(23-16)15-5-4-7-21-11-15/h4-5,7-8,10-11,13-14H,6,9,12H2,1-3H3,(H,23,24). The van der Waals surface area contributed by atoms with E-state index in [1.165, 1.54) is 0 Å². The third kappa shape index (κ3) is 3.25. The zero-order valence-electron chi connectivity index (χ0n) is 15.9. The second kappa shape index (κ2) is 6.98. The van der Waals surface area contributed by atoms with Gasteiger partial charge in [0.15, 0.2) is 0 Å². The Balaban J connectivity index is 1.53. The van der Waals surface area contributed by atoms with Crippen LogP contribution in [0.25, 0.3) is 11.4 Å². The number of pyridine rings is 1. The molecule has 0 saturated heterocycles. The molecule has 140 valence electrons. The van der Waals surface area contributed by atoms with Gasteiger partial charge in [0.25, 0.3) is 0 Å². The minimum Gasteiger partial charge on any atom is -0.340 e. The lowest BCUT2D eigenvalue weighted by molar-refractivity contribution is -0.135. The van der Waals surface area contributed by atoms with E-state index in [2.05, 4.69) is 28.8 Å². The molecule has 3 aromatic rings. The number of carbonyl (C=O) groups excluding carboxylic acids is 1. The number of carbonyl (C=O) groups is 1. The van der Waals surface area contributed by atoms with Gasteiger partial charge in [-0.15, -0.1) is 0 Å². The molecule has 1 aliphatic rings. The summed E-state index contributed by atoms with van der Waals surface area (Å²) >= 11 is 0. The smallest absolute Gasteiger partial charge is 0.245 e. The number of rotatable bonds is 4. The van der Waals surface area contributed by atoms with Crippen LogP contribution in [0.15, 0.2) is 36.9 Å². The second-order valence-electron chi connectivity index (χ2n) is 7.29. The highest BCUT2D eigenvalue weighted by Crippen LogP contribution is 2.25. The number of nitrogens with one attached hydrogen (secondary N) is 1. The molecule has 1 atom stereocenters. The summed E-state index contributed by atoms with van der Waals surface area (Å²) in [7, 11) is 0. The Morgan fingerprint density at radius 3 is 2.85 bits per heavy atom. The summed E-state index contributed by atoms with van der Waals surface area (Å²) in [6.07, 6.45) is 7.95. The highest BCUT2D eigenvalue weighted by atomic mass is 16.2. The average molecular weight is 364 g/mol. The summed E-state index contributed by atoms with van der Waals surface area (Å²) in [6, 6.07) is 3.60. The molecular formula is C20H24N6O. The van der Waals surface area contributed by atoms with Gasteiger partial charge in [-0.2, -0.15) is 0 Å². The lowest BCUT2D eigenvalue weighted by atomic mass is 10.1. The van der Waals surface area contributed by atoms with Crippen LogP contribution in [0.5, 0.6) is 0 Å². The van der Waals surface area contributed by atoms with Crippen LogP contribution in [0.2, 0.25) is 0 Å². The number of H-pyrrole nitrogens is 1. The minimum atomic E-state index is -0.271. The number of fused-ring (bicyclic) bond motifs is 1. The zero-order valence-corrected chi connectivity index (χ0v) is 15.9. The predicted molar refractivity (Wildman–Crippen MR) is 102 cm³/mol. The van der Waals surface area contributed by atoms with Crippen molar-refractivity contribution in [3.05, 3.63) is 54.1 Å². The first-order valence-electron chi connectivity index (χ1n) is 9.34. The van der Waals surface area contributed by atoms with Crippen LogP contribution in [0.4, 0.5) is 0 Å². The Labute approximate surface area is 158 Å². The molecule has 1 N–H and O–H groups in total. The van der Waals surface area contributed by atoms with Gasteiger partial charge >= 0.3 is 0 Å². The molecule has 7 heteroatoms. The molecule has 0 aliphatic carbocycles. The van der Waals surface area contributed by atoms with E-state index >= 15 is 0 Å². The van der Waals surface area contributed by atoms with Gasteiger partial charge in [0.05, 0.1) is 17.9 Å². The van der Waals surface area contributed by atoms with E-state index in [4.69, 9.17) is 4.98 Å². The van der Waals surface area contributed by atoms with Gasteiger partial charge in [0, 0.05) is 49.2 Å². The van der Waals surface area contributed by atoms with Crippen LogP contribution < -0.4 is 0 Å². The molecule has 0 radical (unpaired) electrons. The summed E-state index contributed by atoms with van der Waals surface area (Å²) in [4.78, 5) is 31.6. The Morgan fingerprint density at radius 2 is 2.11 bits per heavy atom. The van der Waals surface area contributed by atoms with Crippen LogP contribution in [0.3, 0.4) is 0 Å². The van der Waals surface area contributed by atoms with E-state index in [1.807, 2.05) is 34.7 Å². The van der Waals surface area contributed by atoms with Gasteiger partial charge in [0.2, 0.25) is 5.91 Å². The van der Waals surface area contributed by atoms with E-state index < -0.39 is 0 Å². The fourth-order valence-corrected chi connectivity index (χ4v) is 3.60. The van der Waals surface area contributed by atoms with Crippen LogP contribution >= 0.6 is 0 Å². The van der Waals surface area contributed by atoms with Gasteiger partial charge in [-0.3, -0.25) is 9.78 Å². The van der Waals surface area contributed by atoms with E-state index in [0.717, 1.165) is 35.0 Å². The molecule has 0 bridgehead atoms. The Hall–Kier alpha value is -2.96. The number of hydrogen-bond donors (Lipinski definition) is 1. The molecule has 0 fully saturated rings. The van der Waals surface area contributed by atoms with Gasteiger partial charge in [-0.1, -0.05) is 13.8 Å². The summed E-state index contributed by atoms with van der Waals surface area (Å²) in [5.41, 5.74) is 3.00. The molecule has 1 amide bonds. The molecule has 7 nitrogen and oxygen atoms in total. The number of amides is 1. The molecule has 0 spiro atoms. The summed E-state index contributed by atoms with van der Waals surface area (Å²) < 4.78 is 1.98. The van der Waals surface area contributed by atoms with Crippen LogP contribution in [0, 0.1) is 0 Å². The van der Waals surface area contributed by atoms with E-state index in [0.29, 0.717) is 13.1 Å². The van der Waals surface area contributed by atoms with Gasteiger partial charge < -0.3 is 14.5 Å². The van der Waals surface area contributed by atoms with Crippen molar-refractivity contribution in [2.45, 2.75) is 45.7 Å². The molecule has 4 heterocycles. The molecule has 0 saturated carbocycles. The fraction of sp³-hybridized carbons (Fsp3) is 0.400. The first-order valence-corrected chi connectivity index (χ1v) is 9.34. The SMILES string of the molecule is CC(C)c1nccn1C(C)C(=O)N1CCc2nc(-c3cccnc3)[nH]c2C1. The fourth-order valence-electron chi connectivity index (χ4n) is 3.60. The van der Waals surface area contributed by atoms with Crippen molar-refractivity contribution in [1.29, 1.82) is 0 Å². The largest absolute Gasteiger partial charge is 0.340 e. The number of hydrogen-bond acceptors (Lipinski definition) is 4. The topological polar surface area (TPSA) is 79.7 Å². The van der Waals surface area contributed by atoms with Crippen molar-refractivity contribution in [3.63, 3.8) is 0 Å². The maximum absolute atomic E-state index is 13.1. The third-order valence-corrected chi connectivity index (χ3v) is 5.07. The molecule has 4 rings (SSSR count). The highest BCUT2D eigenvalue weighted by Gasteiger charge is 2.28. The molecule has 3 aromatic heterocycles. The summed E-state index contributed by atoms with van der Waals surface area (Å²) in [5.74, 6) is 2.14. The molecule has 27 heavy (non-hydrogen) atoms. The van der Waals surface area contributed by atoms with E-state index in [1.54, 1.807) is 18.6 Å². The summed E-state index contributed by atoms with van der Waals surface area (Å²) in [6.45, 7) is 7.36. The first kappa shape index (κ1) is 17.5. The Bertz CT molecular complexity index is 943. The number of nitrogens with zero attached hydrogens (tertiary/aromatic N) is 5. The van der Waals surface area contributed by atoms with Crippen molar-refractivity contribution in [1.82, 2.24) is 29.4 Å². The van der Waals surface area contributed by atoms with Gasteiger partial charge in [0.1, 0.15) is 17.7 Å². The maximum atomic E-state index is 13.1. The number of aromatic amines is 1. The molecular weight excluding hydrogens is 340 g/mol. The van der Waals surface area contributed by atoms with E-state index in [9.17, 15) is 4.79 Å². The third-order valence-electron chi connectivity index (χ3n) is 5.07.